The zero-order valence-corrected chi connectivity index (χ0v) is 15.2. The zero-order valence-electron chi connectivity index (χ0n) is 14.4. The van der Waals surface area contributed by atoms with E-state index in [4.69, 9.17) is 4.74 Å². The van der Waals surface area contributed by atoms with Crippen LogP contribution in [-0.4, -0.2) is 33.1 Å². The van der Waals surface area contributed by atoms with Crippen LogP contribution in [0.2, 0.25) is 0 Å². The lowest BCUT2D eigenvalue weighted by atomic mass is 9.97. The zero-order chi connectivity index (χ0) is 19.3. The van der Waals surface area contributed by atoms with E-state index >= 15 is 0 Å². The molecule has 0 bridgehead atoms. The number of carbonyl (C=O) groups excluding carboxylic acids is 1. The predicted molar refractivity (Wildman–Crippen MR) is 91.0 cm³/mol. The normalized spacial score (nSPS) is 14.1. The first-order valence-corrected chi connectivity index (χ1v) is 8.62. The summed E-state index contributed by atoms with van der Waals surface area (Å²) < 4.78 is 32.9. The van der Waals surface area contributed by atoms with Crippen LogP contribution in [0.15, 0.2) is 22.8 Å². The van der Waals surface area contributed by atoms with Gasteiger partial charge in [-0.1, -0.05) is 0 Å². The highest BCUT2D eigenvalue weighted by atomic mass is 32.1. The van der Waals surface area contributed by atoms with Gasteiger partial charge in [-0.05, 0) is 13.8 Å². The Kier molecular flexibility index (Phi) is 6.52. The van der Waals surface area contributed by atoms with Crippen LogP contribution in [0, 0.1) is 17.2 Å². The van der Waals surface area contributed by atoms with Crippen LogP contribution < -0.4 is 0 Å². The molecule has 0 aromatic carbocycles. The average molecular weight is 381 g/mol. The topological polar surface area (TPSA) is 93.2 Å². The predicted octanol–water partition coefficient (Wildman–Crippen LogP) is 3.07. The molecule has 7 nitrogen and oxygen atoms in total. The van der Waals surface area contributed by atoms with Crippen molar-refractivity contribution in [3.05, 3.63) is 34.0 Å². The number of esters is 1. The SMILES string of the molecule is CCOC(=O)C(C#N)C(=NC(C)c1nccs1)c1cn(C)nc1C(F)F. The molecule has 0 aliphatic rings. The monoisotopic (exact) mass is 381 g/mol. The number of nitriles is 1. The highest BCUT2D eigenvalue weighted by molar-refractivity contribution is 7.09. The second kappa shape index (κ2) is 8.62. The molecule has 0 N–H and O–H groups in total. The Morgan fingerprint density at radius 3 is 2.81 bits per heavy atom. The molecule has 2 atom stereocenters. The number of thiazole rings is 1. The minimum atomic E-state index is -2.88. The van der Waals surface area contributed by atoms with Crippen molar-refractivity contribution in [3.8, 4) is 6.07 Å². The Hall–Kier alpha value is -2.67. The molecule has 2 aromatic rings. The Labute approximate surface area is 152 Å². The van der Waals surface area contributed by atoms with Crippen molar-refractivity contribution in [1.29, 1.82) is 5.26 Å². The molecule has 0 fully saturated rings. The van der Waals surface area contributed by atoms with E-state index in [0.717, 1.165) is 0 Å². The van der Waals surface area contributed by atoms with Crippen LogP contribution in [-0.2, 0) is 16.6 Å². The van der Waals surface area contributed by atoms with E-state index < -0.39 is 30.0 Å². The minimum Gasteiger partial charge on any atom is -0.465 e. The Balaban J connectivity index is 2.59. The molecule has 2 aromatic heterocycles. The fourth-order valence-electron chi connectivity index (χ4n) is 2.32. The summed E-state index contributed by atoms with van der Waals surface area (Å²) in [5.74, 6) is -2.29. The summed E-state index contributed by atoms with van der Waals surface area (Å²) in [6.45, 7) is 3.36. The van der Waals surface area contributed by atoms with Gasteiger partial charge in [-0.25, -0.2) is 13.8 Å². The van der Waals surface area contributed by atoms with Crippen LogP contribution in [0.3, 0.4) is 0 Å². The van der Waals surface area contributed by atoms with Crippen molar-refractivity contribution in [2.24, 2.45) is 18.0 Å². The Bertz CT molecular complexity index is 826. The number of aliphatic imine (C=N–C) groups is 1. The molecule has 2 rings (SSSR count). The van der Waals surface area contributed by atoms with Gasteiger partial charge in [-0.2, -0.15) is 10.4 Å². The van der Waals surface area contributed by atoms with Crippen molar-refractivity contribution in [3.63, 3.8) is 0 Å². The molecule has 138 valence electrons. The molecule has 0 aliphatic carbocycles. The smallest absolute Gasteiger partial charge is 0.329 e. The van der Waals surface area contributed by atoms with E-state index in [-0.39, 0.29) is 17.9 Å². The van der Waals surface area contributed by atoms with Gasteiger partial charge in [-0.15, -0.1) is 11.3 Å². The van der Waals surface area contributed by atoms with Crippen LogP contribution in [0.4, 0.5) is 8.78 Å². The molecule has 0 aliphatic heterocycles. The summed E-state index contributed by atoms with van der Waals surface area (Å²) in [5, 5.41) is 15.6. The van der Waals surface area contributed by atoms with E-state index in [9.17, 15) is 18.8 Å². The first-order chi connectivity index (χ1) is 12.4. The Morgan fingerprint density at radius 1 is 1.54 bits per heavy atom. The van der Waals surface area contributed by atoms with E-state index in [1.165, 1.54) is 29.3 Å². The van der Waals surface area contributed by atoms with Gasteiger partial charge in [0, 0.05) is 30.4 Å². The average Bonchev–Trinajstić information content (AvgIpc) is 3.24. The number of hydrogen-bond donors (Lipinski definition) is 0. The summed E-state index contributed by atoms with van der Waals surface area (Å²) in [6.07, 6.45) is 0.0273. The van der Waals surface area contributed by atoms with Gasteiger partial charge in [0.25, 0.3) is 6.43 Å². The third-order valence-electron chi connectivity index (χ3n) is 3.41. The molecule has 0 spiro atoms. The number of rotatable bonds is 7. The third kappa shape index (κ3) is 4.29. The van der Waals surface area contributed by atoms with E-state index in [1.54, 1.807) is 25.4 Å². The summed E-state index contributed by atoms with van der Waals surface area (Å²) in [7, 11) is 1.48. The fourth-order valence-corrected chi connectivity index (χ4v) is 2.95. The largest absolute Gasteiger partial charge is 0.465 e. The number of carbonyl (C=O) groups is 1. The van der Waals surface area contributed by atoms with Gasteiger partial charge in [0.2, 0.25) is 0 Å². The summed E-state index contributed by atoms with van der Waals surface area (Å²) in [5.41, 5.74) is -0.690. The van der Waals surface area contributed by atoms with Crippen molar-refractivity contribution >= 4 is 23.0 Å². The van der Waals surface area contributed by atoms with Gasteiger partial charge >= 0.3 is 5.97 Å². The molecule has 0 saturated heterocycles. The van der Waals surface area contributed by atoms with Crippen LogP contribution in [0.5, 0.6) is 0 Å². The molecule has 0 radical (unpaired) electrons. The maximum atomic E-state index is 13.4. The first-order valence-electron chi connectivity index (χ1n) is 7.74. The third-order valence-corrected chi connectivity index (χ3v) is 4.35. The van der Waals surface area contributed by atoms with Gasteiger partial charge < -0.3 is 4.74 Å². The number of halogens is 2. The van der Waals surface area contributed by atoms with Crippen LogP contribution in [0.25, 0.3) is 0 Å². The second-order valence-electron chi connectivity index (χ2n) is 5.28. The van der Waals surface area contributed by atoms with E-state index in [2.05, 4.69) is 15.1 Å². The number of alkyl halides is 2. The number of ether oxygens (including phenoxy) is 1. The van der Waals surface area contributed by atoms with E-state index in [0.29, 0.717) is 5.01 Å². The number of hydrogen-bond acceptors (Lipinski definition) is 7. The van der Waals surface area contributed by atoms with Gasteiger partial charge in [-0.3, -0.25) is 14.5 Å². The lowest BCUT2D eigenvalue weighted by molar-refractivity contribution is -0.143. The number of aryl methyl sites for hydroxylation is 1. The molecular formula is C16H17F2N5O2S. The summed E-state index contributed by atoms with van der Waals surface area (Å²) in [4.78, 5) is 20.7. The highest BCUT2D eigenvalue weighted by Crippen LogP contribution is 2.27. The molecule has 2 heterocycles. The first kappa shape index (κ1) is 19.7. The minimum absolute atomic E-state index is 0.0505. The number of nitrogens with zero attached hydrogens (tertiary/aromatic N) is 5. The maximum absolute atomic E-state index is 13.4. The fraction of sp³-hybridized carbons (Fsp3) is 0.438. The van der Waals surface area contributed by atoms with Gasteiger partial charge in [0.15, 0.2) is 5.92 Å². The van der Waals surface area contributed by atoms with Crippen molar-refractivity contribution in [2.75, 3.05) is 6.61 Å². The standard InChI is InChI=1S/C16H17F2N5O2S/c1-4-25-16(24)10(7-19)12(21-9(2)15-20-5-6-26-15)11-8-23(3)22-13(11)14(17)18/h5-6,8-10,14H,4H2,1-3H3. The van der Waals surface area contributed by atoms with E-state index in [1.807, 2.05) is 6.07 Å². The molecule has 26 heavy (non-hydrogen) atoms. The van der Waals surface area contributed by atoms with Crippen molar-refractivity contribution in [1.82, 2.24) is 14.8 Å². The number of aromatic nitrogens is 3. The molecule has 0 amide bonds. The van der Waals surface area contributed by atoms with Gasteiger partial charge in [0.1, 0.15) is 10.7 Å². The molecule has 0 saturated carbocycles. The summed E-state index contributed by atoms with van der Waals surface area (Å²) in [6, 6.07) is 1.28. The second-order valence-corrected chi connectivity index (χ2v) is 6.20. The quantitative estimate of drug-likeness (QED) is 0.543. The maximum Gasteiger partial charge on any atom is 0.329 e. The van der Waals surface area contributed by atoms with Crippen molar-refractivity contribution in [2.45, 2.75) is 26.3 Å². The molecular weight excluding hydrogens is 364 g/mol. The molecule has 2 unspecified atom stereocenters. The Morgan fingerprint density at radius 2 is 2.27 bits per heavy atom. The highest BCUT2D eigenvalue weighted by Gasteiger charge is 2.32. The molecule has 10 heteroatoms. The van der Waals surface area contributed by atoms with Crippen LogP contribution >= 0.6 is 11.3 Å². The van der Waals surface area contributed by atoms with Crippen LogP contribution in [0.1, 0.15) is 42.6 Å². The lowest BCUT2D eigenvalue weighted by Gasteiger charge is -2.14. The summed E-state index contributed by atoms with van der Waals surface area (Å²) >= 11 is 1.34. The van der Waals surface area contributed by atoms with Crippen molar-refractivity contribution < 1.29 is 18.3 Å². The lowest BCUT2D eigenvalue weighted by Crippen LogP contribution is -2.27. The van der Waals surface area contributed by atoms with Gasteiger partial charge in [0.05, 0.1) is 24.4 Å².